The minimum absolute atomic E-state index is 0.176. The van der Waals surface area contributed by atoms with E-state index in [9.17, 15) is 30.3 Å². The van der Waals surface area contributed by atoms with Crippen molar-refractivity contribution < 1.29 is 39.8 Å². The van der Waals surface area contributed by atoms with E-state index in [4.69, 9.17) is 9.47 Å². The number of carbonyl (C=O) groups excluding carboxylic acids is 1. The van der Waals surface area contributed by atoms with Crippen LogP contribution in [-0.4, -0.2) is 87.5 Å². The molecule has 9 nitrogen and oxygen atoms in total. The van der Waals surface area contributed by atoms with Gasteiger partial charge in [0.1, 0.15) is 24.4 Å². The third-order valence-corrected chi connectivity index (χ3v) is 10.4. The van der Waals surface area contributed by atoms with Gasteiger partial charge in [-0.1, -0.05) is 180 Å². The van der Waals surface area contributed by atoms with Gasteiger partial charge in [-0.05, 0) is 19.3 Å². The van der Waals surface area contributed by atoms with E-state index in [1.54, 1.807) is 6.08 Å². The number of carbonyl (C=O) groups is 1. The van der Waals surface area contributed by atoms with E-state index >= 15 is 0 Å². The summed E-state index contributed by atoms with van der Waals surface area (Å²) in [5.41, 5.74) is 0. The number of amides is 1. The molecule has 1 aliphatic heterocycles. The van der Waals surface area contributed by atoms with Crippen LogP contribution in [0.5, 0.6) is 0 Å². The first-order valence-corrected chi connectivity index (χ1v) is 21.4. The Morgan fingerprint density at radius 2 is 1.08 bits per heavy atom. The van der Waals surface area contributed by atoms with Crippen molar-refractivity contribution in [2.45, 2.75) is 236 Å². The van der Waals surface area contributed by atoms with Gasteiger partial charge in [-0.15, -0.1) is 0 Å². The molecule has 6 N–H and O–H groups in total. The minimum atomic E-state index is -1.56. The number of unbranched alkanes of at least 4 members (excludes halogenated alkanes) is 25. The molecule has 0 aliphatic carbocycles. The minimum Gasteiger partial charge on any atom is -0.394 e. The molecule has 0 saturated carbocycles. The molecular weight excluding hydrogens is 646 g/mol. The lowest BCUT2D eigenvalue weighted by Crippen LogP contribution is -2.60. The van der Waals surface area contributed by atoms with Crippen LogP contribution in [0.15, 0.2) is 12.2 Å². The van der Waals surface area contributed by atoms with Crippen molar-refractivity contribution in [3.05, 3.63) is 12.2 Å². The Balaban J connectivity index is 2.39. The second-order valence-electron chi connectivity index (χ2n) is 15.1. The van der Waals surface area contributed by atoms with E-state index in [0.29, 0.717) is 6.42 Å². The maximum absolute atomic E-state index is 12.9. The van der Waals surface area contributed by atoms with Crippen molar-refractivity contribution in [2.75, 3.05) is 13.2 Å². The Labute approximate surface area is 312 Å². The van der Waals surface area contributed by atoms with E-state index in [1.165, 1.54) is 135 Å². The second-order valence-corrected chi connectivity index (χ2v) is 15.1. The summed E-state index contributed by atoms with van der Waals surface area (Å²) in [7, 11) is 0. The van der Waals surface area contributed by atoms with Crippen LogP contribution in [0.25, 0.3) is 0 Å². The van der Waals surface area contributed by atoms with Crippen LogP contribution in [0.2, 0.25) is 0 Å². The summed E-state index contributed by atoms with van der Waals surface area (Å²) in [6.45, 7) is 3.76. The van der Waals surface area contributed by atoms with Gasteiger partial charge in [0.2, 0.25) is 5.91 Å². The lowest BCUT2D eigenvalue weighted by Gasteiger charge is -2.40. The smallest absolute Gasteiger partial charge is 0.220 e. The molecule has 0 aromatic carbocycles. The molecule has 1 saturated heterocycles. The molecule has 0 aromatic rings. The highest BCUT2D eigenvalue weighted by molar-refractivity contribution is 5.76. The van der Waals surface area contributed by atoms with Crippen LogP contribution in [0.3, 0.4) is 0 Å². The number of hydrogen-bond acceptors (Lipinski definition) is 8. The number of ether oxygens (including phenoxy) is 2. The van der Waals surface area contributed by atoms with Gasteiger partial charge in [-0.25, -0.2) is 0 Å². The highest BCUT2D eigenvalue weighted by Gasteiger charge is 2.44. The van der Waals surface area contributed by atoms with Gasteiger partial charge < -0.3 is 40.3 Å². The molecule has 1 fully saturated rings. The first-order chi connectivity index (χ1) is 24.8. The zero-order valence-corrected chi connectivity index (χ0v) is 32.9. The van der Waals surface area contributed by atoms with Crippen LogP contribution in [0.4, 0.5) is 0 Å². The molecule has 1 rings (SSSR count). The van der Waals surface area contributed by atoms with Crippen LogP contribution in [0.1, 0.15) is 194 Å². The highest BCUT2D eigenvalue weighted by Crippen LogP contribution is 2.22. The van der Waals surface area contributed by atoms with E-state index in [1.807, 2.05) is 6.08 Å². The molecule has 1 heterocycles. The van der Waals surface area contributed by atoms with Gasteiger partial charge in [0.05, 0.1) is 25.4 Å². The molecule has 51 heavy (non-hydrogen) atoms. The quantitative estimate of drug-likeness (QED) is 0.0283. The molecular formula is C42H81NO8. The number of rotatable bonds is 35. The van der Waals surface area contributed by atoms with Gasteiger partial charge in [0.25, 0.3) is 0 Å². The average Bonchev–Trinajstić information content (AvgIpc) is 3.13. The van der Waals surface area contributed by atoms with Crippen LogP contribution >= 0.6 is 0 Å². The fourth-order valence-electron chi connectivity index (χ4n) is 6.86. The molecule has 0 bridgehead atoms. The predicted molar refractivity (Wildman–Crippen MR) is 207 cm³/mol. The van der Waals surface area contributed by atoms with E-state index in [-0.39, 0.29) is 12.5 Å². The second kappa shape index (κ2) is 33.5. The van der Waals surface area contributed by atoms with Crippen molar-refractivity contribution >= 4 is 5.91 Å². The predicted octanol–water partition coefficient (Wildman–Crippen LogP) is 8.17. The van der Waals surface area contributed by atoms with Crippen molar-refractivity contribution in [1.82, 2.24) is 5.32 Å². The number of aliphatic hydroxyl groups is 5. The Hall–Kier alpha value is -1.07. The molecule has 0 radical (unpaired) electrons. The Morgan fingerprint density at radius 1 is 0.647 bits per heavy atom. The van der Waals surface area contributed by atoms with Crippen LogP contribution < -0.4 is 5.32 Å². The summed E-state index contributed by atoms with van der Waals surface area (Å²) < 4.78 is 11.2. The van der Waals surface area contributed by atoms with Crippen molar-refractivity contribution in [3.63, 3.8) is 0 Å². The van der Waals surface area contributed by atoms with E-state index < -0.39 is 49.5 Å². The summed E-state index contributed by atoms with van der Waals surface area (Å²) in [5, 5.41) is 54.0. The number of nitrogens with one attached hydrogen (secondary N) is 1. The number of allylic oxidation sites excluding steroid dienone is 1. The molecule has 1 amide bonds. The standard InChI is InChI=1S/C42H81NO8/c1-3-5-7-9-11-13-15-17-18-20-22-24-26-28-30-32-38(46)43-35(34-50-42-41(49)40(48)39(47)37(33-44)51-42)36(45)31-29-27-25-23-21-19-16-14-12-10-8-6-4-2/h29,31,35-37,39-42,44-45,47-49H,3-28,30,32-34H2,1-2H3,(H,43,46)/b31-29+/t35-,36+,37?,39?,40-,41?,42?/m0/s1. The molecule has 7 atom stereocenters. The van der Waals surface area contributed by atoms with Gasteiger partial charge in [-0.3, -0.25) is 4.79 Å². The Bertz CT molecular complexity index is 812. The topological polar surface area (TPSA) is 149 Å². The fourth-order valence-corrected chi connectivity index (χ4v) is 6.86. The maximum Gasteiger partial charge on any atom is 0.220 e. The highest BCUT2D eigenvalue weighted by atomic mass is 16.7. The van der Waals surface area contributed by atoms with Crippen molar-refractivity contribution in [2.24, 2.45) is 0 Å². The van der Waals surface area contributed by atoms with E-state index in [0.717, 1.165) is 38.5 Å². The van der Waals surface area contributed by atoms with E-state index in [2.05, 4.69) is 19.2 Å². The third kappa shape index (κ3) is 24.8. The lowest BCUT2D eigenvalue weighted by atomic mass is 9.99. The Morgan fingerprint density at radius 3 is 1.53 bits per heavy atom. The zero-order chi connectivity index (χ0) is 37.4. The van der Waals surface area contributed by atoms with Crippen LogP contribution in [-0.2, 0) is 14.3 Å². The molecule has 0 aromatic heterocycles. The number of aliphatic hydroxyl groups excluding tert-OH is 5. The molecule has 0 spiro atoms. The summed E-state index contributed by atoms with van der Waals surface area (Å²) in [4.78, 5) is 12.9. The third-order valence-electron chi connectivity index (χ3n) is 10.4. The number of hydrogen-bond donors (Lipinski definition) is 6. The van der Waals surface area contributed by atoms with Crippen LogP contribution in [0, 0.1) is 0 Å². The van der Waals surface area contributed by atoms with Crippen molar-refractivity contribution in [3.8, 4) is 0 Å². The van der Waals surface area contributed by atoms with Gasteiger partial charge in [-0.2, -0.15) is 0 Å². The summed E-state index contributed by atoms with van der Waals surface area (Å²) in [5.74, 6) is -0.176. The molecule has 302 valence electrons. The summed E-state index contributed by atoms with van der Waals surface area (Å²) >= 11 is 0. The zero-order valence-electron chi connectivity index (χ0n) is 32.9. The summed E-state index contributed by atoms with van der Waals surface area (Å²) in [6.07, 6.45) is 29.6. The first-order valence-electron chi connectivity index (χ1n) is 21.4. The van der Waals surface area contributed by atoms with Gasteiger partial charge in [0.15, 0.2) is 6.29 Å². The molecule has 4 unspecified atom stereocenters. The average molecular weight is 728 g/mol. The Kier molecular flexibility index (Phi) is 31.5. The van der Waals surface area contributed by atoms with Gasteiger partial charge >= 0.3 is 0 Å². The normalized spacial score (nSPS) is 22.1. The largest absolute Gasteiger partial charge is 0.394 e. The monoisotopic (exact) mass is 728 g/mol. The summed E-state index contributed by atoms with van der Waals surface area (Å²) in [6, 6.07) is -0.796. The SMILES string of the molecule is CCCCCCCCCCCCC/C=C/[C@@H](O)[C@H](COC1OC(CO)C(O)[C@H](O)C1O)NC(=O)CCCCCCCCCCCCCCCCC. The maximum atomic E-state index is 12.9. The fraction of sp³-hybridized carbons (Fsp3) is 0.929. The van der Waals surface area contributed by atoms with Crippen molar-refractivity contribution in [1.29, 1.82) is 0 Å². The molecule has 9 heteroatoms. The lowest BCUT2D eigenvalue weighted by molar-refractivity contribution is -0.302. The van der Waals surface area contributed by atoms with Gasteiger partial charge in [0, 0.05) is 6.42 Å². The molecule has 1 aliphatic rings. The first kappa shape index (κ1) is 48.0.